The molecule has 0 amide bonds. The highest BCUT2D eigenvalue weighted by Gasteiger charge is 2.32. The van der Waals surface area contributed by atoms with Crippen LogP contribution in [0.5, 0.6) is 0 Å². The number of esters is 1. The fourth-order valence-corrected chi connectivity index (χ4v) is 2.54. The largest absolute Gasteiger partial charge is 0.465 e. The highest BCUT2D eigenvalue weighted by atomic mass is 32.1. The van der Waals surface area contributed by atoms with Gasteiger partial charge in [-0.15, -0.1) is 0 Å². The molecule has 0 aromatic carbocycles. The van der Waals surface area contributed by atoms with Gasteiger partial charge in [-0.2, -0.15) is 13.2 Å². The van der Waals surface area contributed by atoms with Gasteiger partial charge in [-0.25, -0.2) is 9.78 Å². The number of aryl methyl sites for hydroxylation is 1. The van der Waals surface area contributed by atoms with Crippen LogP contribution in [0.3, 0.4) is 0 Å². The first-order valence-electron chi connectivity index (χ1n) is 5.66. The van der Waals surface area contributed by atoms with E-state index in [9.17, 15) is 18.0 Å². The lowest BCUT2D eigenvalue weighted by atomic mass is 10.4. The van der Waals surface area contributed by atoms with E-state index in [4.69, 9.17) is 0 Å². The molecule has 8 heteroatoms. The standard InChI is InChI=1S/C11H15F3N2O2S/c1-4-5-16(6-11(12,13)14)10-15-7(2)8(19-10)9(17)18-3/h4-6H2,1-3H3. The Morgan fingerprint density at radius 1 is 1.47 bits per heavy atom. The quantitative estimate of drug-likeness (QED) is 0.783. The van der Waals surface area contributed by atoms with Gasteiger partial charge in [0.2, 0.25) is 0 Å². The molecule has 0 bridgehead atoms. The molecule has 0 aliphatic rings. The van der Waals surface area contributed by atoms with Crippen molar-refractivity contribution in [2.24, 2.45) is 0 Å². The lowest BCUT2D eigenvalue weighted by Gasteiger charge is -2.22. The summed E-state index contributed by atoms with van der Waals surface area (Å²) in [6.07, 6.45) is -3.75. The van der Waals surface area contributed by atoms with Gasteiger partial charge in [0.05, 0.1) is 12.8 Å². The highest BCUT2D eigenvalue weighted by Crippen LogP contribution is 2.29. The van der Waals surface area contributed by atoms with Gasteiger partial charge in [-0.3, -0.25) is 0 Å². The Morgan fingerprint density at radius 3 is 2.58 bits per heavy atom. The maximum absolute atomic E-state index is 12.5. The SMILES string of the molecule is CCCN(CC(F)(F)F)c1nc(C)c(C(=O)OC)s1. The lowest BCUT2D eigenvalue weighted by molar-refractivity contribution is -0.119. The number of alkyl halides is 3. The minimum absolute atomic E-state index is 0.192. The number of aromatic nitrogens is 1. The molecule has 1 aromatic heterocycles. The smallest absolute Gasteiger partial charge is 0.406 e. The first-order chi connectivity index (χ1) is 8.78. The Labute approximate surface area is 113 Å². The third kappa shape index (κ3) is 4.38. The first-order valence-corrected chi connectivity index (χ1v) is 6.47. The molecule has 0 saturated carbocycles. The number of methoxy groups -OCH3 is 1. The van der Waals surface area contributed by atoms with Gasteiger partial charge in [-0.05, 0) is 13.3 Å². The summed E-state index contributed by atoms with van der Waals surface area (Å²) in [5.41, 5.74) is 0.384. The van der Waals surface area contributed by atoms with Gasteiger partial charge in [0, 0.05) is 6.54 Å². The molecule has 0 saturated heterocycles. The lowest BCUT2D eigenvalue weighted by Crippen LogP contribution is -2.34. The van der Waals surface area contributed by atoms with Crippen LogP contribution in [0.2, 0.25) is 0 Å². The van der Waals surface area contributed by atoms with Crippen molar-refractivity contribution in [3.05, 3.63) is 10.6 Å². The maximum Gasteiger partial charge on any atom is 0.406 e. The van der Waals surface area contributed by atoms with Crippen LogP contribution in [0.25, 0.3) is 0 Å². The van der Waals surface area contributed by atoms with Crippen molar-refractivity contribution < 1.29 is 22.7 Å². The van der Waals surface area contributed by atoms with Gasteiger partial charge in [0.25, 0.3) is 0 Å². The summed E-state index contributed by atoms with van der Waals surface area (Å²) in [5, 5.41) is 0.192. The van der Waals surface area contributed by atoms with E-state index in [2.05, 4.69) is 9.72 Å². The summed E-state index contributed by atoms with van der Waals surface area (Å²) in [5.74, 6) is -0.579. The summed E-state index contributed by atoms with van der Waals surface area (Å²) in [4.78, 5) is 16.8. The van der Waals surface area contributed by atoms with Crippen LogP contribution in [0.4, 0.5) is 18.3 Å². The summed E-state index contributed by atoms with van der Waals surface area (Å²) in [6.45, 7) is 2.51. The van der Waals surface area contributed by atoms with Gasteiger partial charge in [0.1, 0.15) is 11.4 Å². The second-order valence-electron chi connectivity index (χ2n) is 3.94. The Kier molecular flexibility index (Phi) is 5.16. The molecule has 1 aromatic rings. The van der Waals surface area contributed by atoms with Crippen molar-refractivity contribution in [1.82, 2.24) is 4.98 Å². The second kappa shape index (κ2) is 6.23. The Bertz CT molecular complexity index is 446. The molecule has 0 unspecified atom stereocenters. The zero-order chi connectivity index (χ0) is 14.6. The molecule has 0 aliphatic heterocycles. The van der Waals surface area contributed by atoms with Crippen LogP contribution in [0, 0.1) is 6.92 Å². The van der Waals surface area contributed by atoms with Gasteiger partial charge >= 0.3 is 12.1 Å². The van der Waals surface area contributed by atoms with Crippen molar-refractivity contribution in [3.8, 4) is 0 Å². The summed E-state index contributed by atoms with van der Waals surface area (Å²) < 4.78 is 42.0. The highest BCUT2D eigenvalue weighted by molar-refractivity contribution is 7.17. The minimum Gasteiger partial charge on any atom is -0.465 e. The molecule has 19 heavy (non-hydrogen) atoms. The van der Waals surface area contributed by atoms with Crippen LogP contribution >= 0.6 is 11.3 Å². The fraction of sp³-hybridized carbons (Fsp3) is 0.636. The van der Waals surface area contributed by atoms with E-state index in [1.54, 1.807) is 13.8 Å². The van der Waals surface area contributed by atoms with Crippen LogP contribution in [-0.4, -0.2) is 37.3 Å². The zero-order valence-electron chi connectivity index (χ0n) is 10.9. The van der Waals surface area contributed by atoms with E-state index in [0.717, 1.165) is 16.2 Å². The molecule has 0 radical (unpaired) electrons. The number of rotatable bonds is 5. The van der Waals surface area contributed by atoms with Gasteiger partial charge in [-0.1, -0.05) is 18.3 Å². The van der Waals surface area contributed by atoms with Crippen molar-refractivity contribution >= 4 is 22.4 Å². The number of carbonyl (C=O) groups excluding carboxylic acids is 1. The Hall–Kier alpha value is -1.31. The average Bonchev–Trinajstić information content (AvgIpc) is 2.68. The summed E-state index contributed by atoms with van der Waals surface area (Å²) >= 11 is 0.921. The number of ether oxygens (including phenoxy) is 1. The second-order valence-corrected chi connectivity index (χ2v) is 4.92. The molecule has 0 aliphatic carbocycles. The average molecular weight is 296 g/mol. The topological polar surface area (TPSA) is 42.4 Å². The molecule has 1 rings (SSSR count). The van der Waals surface area contributed by atoms with Gasteiger partial charge in [0.15, 0.2) is 5.13 Å². The number of halogens is 3. The van der Waals surface area contributed by atoms with Crippen LogP contribution in [-0.2, 0) is 4.74 Å². The number of hydrogen-bond acceptors (Lipinski definition) is 5. The normalized spacial score (nSPS) is 11.5. The monoisotopic (exact) mass is 296 g/mol. The summed E-state index contributed by atoms with van der Waals surface area (Å²) in [7, 11) is 1.22. The molecule has 0 fully saturated rings. The number of thiazole rings is 1. The van der Waals surface area contributed by atoms with E-state index in [0.29, 0.717) is 12.1 Å². The molecule has 1 heterocycles. The number of hydrogen-bond donors (Lipinski definition) is 0. The molecule has 4 nitrogen and oxygen atoms in total. The van der Waals surface area contributed by atoms with Crippen LogP contribution < -0.4 is 4.90 Å². The van der Waals surface area contributed by atoms with E-state index in [-0.39, 0.29) is 16.6 Å². The summed E-state index contributed by atoms with van der Waals surface area (Å²) in [6, 6.07) is 0. The maximum atomic E-state index is 12.5. The number of nitrogens with zero attached hydrogens (tertiary/aromatic N) is 2. The molecular formula is C11H15F3N2O2S. The molecule has 0 spiro atoms. The van der Waals surface area contributed by atoms with E-state index < -0.39 is 18.7 Å². The van der Waals surface area contributed by atoms with Gasteiger partial charge < -0.3 is 9.64 Å². The van der Waals surface area contributed by atoms with Crippen molar-refractivity contribution in [1.29, 1.82) is 0 Å². The first kappa shape index (κ1) is 15.7. The number of carbonyl (C=O) groups is 1. The Morgan fingerprint density at radius 2 is 2.11 bits per heavy atom. The predicted molar refractivity (Wildman–Crippen MR) is 66.7 cm³/mol. The fourth-order valence-electron chi connectivity index (χ4n) is 1.53. The molecule has 0 atom stereocenters. The minimum atomic E-state index is -4.31. The third-order valence-electron chi connectivity index (χ3n) is 2.29. The number of anilines is 1. The predicted octanol–water partition coefficient (Wildman–Crippen LogP) is 3.02. The van der Waals surface area contributed by atoms with Crippen molar-refractivity contribution in [3.63, 3.8) is 0 Å². The van der Waals surface area contributed by atoms with E-state index >= 15 is 0 Å². The van der Waals surface area contributed by atoms with E-state index in [1.807, 2.05) is 0 Å². The molecule has 0 N–H and O–H groups in total. The van der Waals surface area contributed by atoms with E-state index in [1.165, 1.54) is 7.11 Å². The Balaban J connectivity index is 3.00. The van der Waals surface area contributed by atoms with Crippen LogP contribution in [0.1, 0.15) is 28.7 Å². The zero-order valence-corrected chi connectivity index (χ0v) is 11.7. The van der Waals surface area contributed by atoms with Crippen molar-refractivity contribution in [2.45, 2.75) is 26.4 Å². The third-order valence-corrected chi connectivity index (χ3v) is 3.49. The van der Waals surface area contributed by atoms with Crippen LogP contribution in [0.15, 0.2) is 0 Å². The molecular weight excluding hydrogens is 281 g/mol. The van der Waals surface area contributed by atoms with Crippen molar-refractivity contribution in [2.75, 3.05) is 25.1 Å². The molecule has 108 valence electrons.